The molecule has 0 bridgehead atoms. The number of piperidine rings is 1. The van der Waals surface area contributed by atoms with Crippen LogP contribution in [0.4, 0.5) is 16.6 Å². The van der Waals surface area contributed by atoms with Crippen molar-refractivity contribution in [1.82, 2.24) is 29.9 Å². The average molecular weight is 597 g/mol. The SMILES string of the molecule is CC(=O)c1nc(NC(=O)N[C@H]2CC[C@@H](Oc3ccc4nnc(N5CCCC[C@@H]5C)n4c3)c3ccccc32)cc(C(C)(C)C)n1. The third kappa shape index (κ3) is 6.09. The Morgan fingerprint density at radius 2 is 1.77 bits per heavy atom. The third-order valence-electron chi connectivity index (χ3n) is 8.49. The van der Waals surface area contributed by atoms with Crippen LogP contribution >= 0.6 is 0 Å². The quantitative estimate of drug-likeness (QED) is 0.253. The van der Waals surface area contributed by atoms with Crippen LogP contribution < -0.4 is 20.3 Å². The fourth-order valence-corrected chi connectivity index (χ4v) is 6.07. The molecule has 1 aromatic carbocycles. The Balaban J connectivity index is 1.19. The number of ether oxygens (including phenoxy) is 1. The summed E-state index contributed by atoms with van der Waals surface area (Å²) in [6.07, 6.45) is 6.75. The highest BCUT2D eigenvalue weighted by Crippen LogP contribution is 2.39. The summed E-state index contributed by atoms with van der Waals surface area (Å²) in [4.78, 5) is 36.2. The summed E-state index contributed by atoms with van der Waals surface area (Å²) < 4.78 is 8.61. The molecular formula is C33H40N8O3. The number of amides is 2. The van der Waals surface area contributed by atoms with Crippen molar-refractivity contribution in [2.45, 2.75) is 90.3 Å². The number of rotatable bonds is 6. The Morgan fingerprint density at radius 3 is 2.52 bits per heavy atom. The molecule has 0 unspecified atom stereocenters. The maximum Gasteiger partial charge on any atom is 0.320 e. The first-order valence-electron chi connectivity index (χ1n) is 15.4. The fraction of sp³-hybridized carbons (Fsp3) is 0.455. The van der Waals surface area contributed by atoms with E-state index in [2.05, 4.69) is 48.7 Å². The van der Waals surface area contributed by atoms with Gasteiger partial charge in [0.05, 0.1) is 17.9 Å². The van der Waals surface area contributed by atoms with Gasteiger partial charge in [-0.3, -0.25) is 14.5 Å². The van der Waals surface area contributed by atoms with Gasteiger partial charge in [0.1, 0.15) is 17.7 Å². The zero-order chi connectivity index (χ0) is 31.0. The van der Waals surface area contributed by atoms with Crippen molar-refractivity contribution in [2.24, 2.45) is 0 Å². The lowest BCUT2D eigenvalue weighted by Crippen LogP contribution is -2.38. The number of ketones is 1. The van der Waals surface area contributed by atoms with E-state index in [0.717, 1.165) is 47.9 Å². The van der Waals surface area contributed by atoms with Crippen molar-refractivity contribution in [3.05, 3.63) is 71.3 Å². The van der Waals surface area contributed by atoms with Crippen molar-refractivity contribution in [3.63, 3.8) is 0 Å². The highest BCUT2D eigenvalue weighted by Gasteiger charge is 2.30. The maximum absolute atomic E-state index is 13.2. The predicted octanol–water partition coefficient (Wildman–Crippen LogP) is 6.17. The molecule has 2 aliphatic rings. The molecule has 4 aromatic rings. The highest BCUT2D eigenvalue weighted by molar-refractivity contribution is 5.92. The standard InChI is InChI=1S/C33H40N8O3/c1-20-10-8-9-17-40(20)32-39-38-29-16-13-22(19-41(29)32)44-26-15-14-25(23-11-6-7-12-24(23)26)34-31(43)37-28-18-27(33(3,4)5)35-30(36-28)21(2)42/h6-7,11-13,16,18-20,25-26H,8-10,14-15,17H2,1-5H3,(H2,34,35,36,37,43)/t20-,25-,26+/m0/s1. The van der Waals surface area contributed by atoms with E-state index in [0.29, 0.717) is 30.4 Å². The Morgan fingerprint density at radius 1 is 0.977 bits per heavy atom. The molecule has 230 valence electrons. The van der Waals surface area contributed by atoms with Crippen molar-refractivity contribution in [3.8, 4) is 5.75 Å². The van der Waals surface area contributed by atoms with Gasteiger partial charge in [-0.05, 0) is 62.3 Å². The van der Waals surface area contributed by atoms with Crippen molar-refractivity contribution >= 4 is 29.2 Å². The molecule has 44 heavy (non-hydrogen) atoms. The predicted molar refractivity (Wildman–Crippen MR) is 168 cm³/mol. The summed E-state index contributed by atoms with van der Waals surface area (Å²) in [5, 5.41) is 14.8. The summed E-state index contributed by atoms with van der Waals surface area (Å²) in [7, 11) is 0. The first-order valence-corrected chi connectivity index (χ1v) is 15.4. The van der Waals surface area contributed by atoms with Gasteiger partial charge in [0, 0.05) is 31.0 Å². The van der Waals surface area contributed by atoms with E-state index in [4.69, 9.17) is 4.74 Å². The molecule has 1 saturated heterocycles. The average Bonchev–Trinajstić information content (AvgIpc) is 3.41. The lowest BCUT2D eigenvalue weighted by Gasteiger charge is -2.33. The molecular weight excluding hydrogens is 556 g/mol. The number of pyridine rings is 1. The Bertz CT molecular complexity index is 1690. The lowest BCUT2D eigenvalue weighted by molar-refractivity contribution is 0.100. The normalized spacial score (nSPS) is 20.2. The highest BCUT2D eigenvalue weighted by atomic mass is 16.5. The maximum atomic E-state index is 13.2. The second kappa shape index (κ2) is 11.9. The van der Waals surface area contributed by atoms with E-state index >= 15 is 0 Å². The van der Waals surface area contributed by atoms with Gasteiger partial charge in [-0.1, -0.05) is 45.0 Å². The zero-order valence-electron chi connectivity index (χ0n) is 26.0. The molecule has 1 aliphatic heterocycles. The second-order valence-electron chi connectivity index (χ2n) is 12.9. The van der Waals surface area contributed by atoms with Crippen LogP contribution in [0.1, 0.15) is 106 Å². The van der Waals surface area contributed by atoms with Gasteiger partial charge in [0.25, 0.3) is 0 Å². The van der Waals surface area contributed by atoms with E-state index in [1.165, 1.54) is 13.3 Å². The number of anilines is 2. The molecule has 0 radical (unpaired) electrons. The van der Waals surface area contributed by atoms with Crippen LogP contribution in [0.25, 0.3) is 5.65 Å². The molecule has 3 aromatic heterocycles. The minimum absolute atomic E-state index is 0.0814. The van der Waals surface area contributed by atoms with E-state index in [1.807, 2.05) is 61.7 Å². The summed E-state index contributed by atoms with van der Waals surface area (Å²) >= 11 is 0. The number of fused-ring (bicyclic) bond motifs is 2. The number of aromatic nitrogens is 5. The monoisotopic (exact) mass is 596 g/mol. The topological polar surface area (TPSA) is 127 Å². The second-order valence-corrected chi connectivity index (χ2v) is 12.9. The summed E-state index contributed by atoms with van der Waals surface area (Å²) in [5.41, 5.74) is 3.20. The minimum Gasteiger partial charge on any atom is -0.484 e. The minimum atomic E-state index is -0.394. The molecule has 3 atom stereocenters. The number of hydrogen-bond donors (Lipinski definition) is 2. The zero-order valence-corrected chi connectivity index (χ0v) is 26.0. The van der Waals surface area contributed by atoms with Crippen LogP contribution in [-0.4, -0.2) is 49.0 Å². The molecule has 0 spiro atoms. The number of nitrogens with one attached hydrogen (secondary N) is 2. The van der Waals surface area contributed by atoms with E-state index < -0.39 is 6.03 Å². The van der Waals surface area contributed by atoms with Crippen LogP contribution in [0.15, 0.2) is 48.7 Å². The van der Waals surface area contributed by atoms with Crippen LogP contribution in [0.2, 0.25) is 0 Å². The number of benzene rings is 1. The summed E-state index contributed by atoms with van der Waals surface area (Å²) in [6, 6.07) is 13.5. The largest absolute Gasteiger partial charge is 0.484 e. The first kappa shape index (κ1) is 29.5. The number of nitrogens with zero attached hydrogens (tertiary/aromatic N) is 6. The molecule has 1 fully saturated rings. The van der Waals surface area contributed by atoms with Gasteiger partial charge in [-0.25, -0.2) is 14.8 Å². The Labute approximate surface area is 257 Å². The number of urea groups is 1. The van der Waals surface area contributed by atoms with Crippen LogP contribution in [-0.2, 0) is 5.41 Å². The lowest BCUT2D eigenvalue weighted by atomic mass is 9.85. The van der Waals surface area contributed by atoms with Crippen LogP contribution in [0, 0.1) is 0 Å². The van der Waals surface area contributed by atoms with Crippen molar-refractivity contribution in [2.75, 3.05) is 16.8 Å². The molecule has 0 saturated carbocycles. The van der Waals surface area contributed by atoms with E-state index in [9.17, 15) is 9.59 Å². The molecule has 6 rings (SSSR count). The fourth-order valence-electron chi connectivity index (χ4n) is 6.07. The molecule has 2 amide bonds. The van der Waals surface area contributed by atoms with Gasteiger partial charge >= 0.3 is 6.03 Å². The van der Waals surface area contributed by atoms with Gasteiger partial charge in [0.2, 0.25) is 5.95 Å². The van der Waals surface area contributed by atoms with Gasteiger partial charge in [-0.2, -0.15) is 0 Å². The number of hydrogen-bond acceptors (Lipinski definition) is 8. The van der Waals surface area contributed by atoms with E-state index in [1.54, 1.807) is 6.07 Å². The van der Waals surface area contributed by atoms with Crippen molar-refractivity contribution < 1.29 is 14.3 Å². The smallest absolute Gasteiger partial charge is 0.320 e. The number of carbonyl (C=O) groups excluding carboxylic acids is 2. The third-order valence-corrected chi connectivity index (χ3v) is 8.49. The van der Waals surface area contributed by atoms with Gasteiger partial charge in [0.15, 0.2) is 17.3 Å². The van der Waals surface area contributed by atoms with Crippen LogP contribution in [0.5, 0.6) is 5.75 Å². The van der Waals surface area contributed by atoms with Crippen LogP contribution in [0.3, 0.4) is 0 Å². The molecule has 11 nitrogen and oxygen atoms in total. The van der Waals surface area contributed by atoms with Gasteiger partial charge in [-0.15, -0.1) is 10.2 Å². The number of Topliss-reactive ketones (excluding diaryl/α,β-unsaturated/α-hetero) is 1. The Kier molecular flexibility index (Phi) is 7.96. The first-order chi connectivity index (χ1) is 21.1. The molecule has 1 aliphatic carbocycles. The Hall–Kier alpha value is -4.54. The summed E-state index contributed by atoms with van der Waals surface area (Å²) in [6.45, 7) is 10.6. The molecule has 4 heterocycles. The van der Waals surface area contributed by atoms with Crippen molar-refractivity contribution in [1.29, 1.82) is 0 Å². The molecule has 11 heteroatoms. The summed E-state index contributed by atoms with van der Waals surface area (Å²) in [5.74, 6) is 1.71. The molecule has 2 N–H and O–H groups in total. The van der Waals surface area contributed by atoms with Gasteiger partial charge < -0.3 is 15.0 Å². The number of carbonyl (C=O) groups is 2. The van der Waals surface area contributed by atoms with E-state index in [-0.39, 0.29) is 29.2 Å².